The summed E-state index contributed by atoms with van der Waals surface area (Å²) in [5.74, 6) is 0.493. The Morgan fingerprint density at radius 2 is 1.00 bits per heavy atom. The molecule has 0 atom stereocenters. The van der Waals surface area contributed by atoms with Crippen LogP contribution in [0.15, 0.2) is 60.7 Å². The Morgan fingerprint density at radius 3 is 1.40 bits per heavy atom. The van der Waals surface area contributed by atoms with Gasteiger partial charge in [0.2, 0.25) is 0 Å². The van der Waals surface area contributed by atoms with Gasteiger partial charge >= 0.3 is 0 Å². The fraction of sp³-hybridized carbons (Fsp3) is 0.100. The number of pyridine rings is 2. The summed E-state index contributed by atoms with van der Waals surface area (Å²) in [7, 11) is 0. The van der Waals surface area contributed by atoms with Crippen molar-refractivity contribution in [3.8, 4) is 11.5 Å². The fourth-order valence-electron chi connectivity index (χ4n) is 2.46. The molecule has 0 bridgehead atoms. The predicted molar refractivity (Wildman–Crippen MR) is 102 cm³/mol. The first-order chi connectivity index (χ1) is 11.5. The number of rotatable bonds is 0. The summed E-state index contributed by atoms with van der Waals surface area (Å²) < 4.78 is 0. The molecule has 5 heteroatoms. The smallest absolute Gasteiger partial charge is 0.141 e. The van der Waals surface area contributed by atoms with Gasteiger partial charge in [0.15, 0.2) is 0 Å². The summed E-state index contributed by atoms with van der Waals surface area (Å²) in [6.45, 7) is 3.82. The maximum atomic E-state index is 9.43. The van der Waals surface area contributed by atoms with E-state index < -0.39 is 0 Å². The Kier molecular flexibility index (Phi) is 6.30. The van der Waals surface area contributed by atoms with Crippen molar-refractivity contribution in [1.82, 2.24) is 9.97 Å². The van der Waals surface area contributed by atoms with Crippen LogP contribution < -0.4 is 0 Å². The molecule has 0 saturated heterocycles. The number of benzene rings is 2. The van der Waals surface area contributed by atoms with E-state index in [-0.39, 0.29) is 38.8 Å². The third kappa shape index (κ3) is 4.45. The number of hydrogen-bond acceptors (Lipinski definition) is 4. The first-order valence-corrected chi connectivity index (χ1v) is 7.65. The quantitative estimate of drug-likeness (QED) is 0.339. The third-order valence-corrected chi connectivity index (χ3v) is 3.68. The van der Waals surface area contributed by atoms with Crippen LogP contribution in [0.2, 0.25) is 0 Å². The van der Waals surface area contributed by atoms with Gasteiger partial charge in [-0.3, -0.25) is 0 Å². The second-order valence-electron chi connectivity index (χ2n) is 5.60. The van der Waals surface area contributed by atoms with E-state index in [9.17, 15) is 10.2 Å². The number of nitrogens with zero attached hydrogens (tertiary/aromatic N) is 2. The topological polar surface area (TPSA) is 66.2 Å². The molecule has 4 radical (unpaired) electrons. The van der Waals surface area contributed by atoms with Gasteiger partial charge < -0.3 is 10.2 Å². The van der Waals surface area contributed by atoms with E-state index in [1.165, 1.54) is 0 Å². The summed E-state index contributed by atoms with van der Waals surface area (Å²) >= 11 is 0. The fourth-order valence-corrected chi connectivity index (χ4v) is 2.46. The monoisotopic (exact) mass is 526 g/mol. The SMILES string of the molecule is Cc1ccc2cccc(O)c2n1.Cc1ccc2cccc(O)c2n1.[Pb]. The van der Waals surface area contributed by atoms with Crippen LogP contribution in [-0.4, -0.2) is 47.5 Å². The number of aromatic hydroxyl groups is 2. The Hall–Kier alpha value is -2.22. The molecule has 4 aromatic rings. The van der Waals surface area contributed by atoms with Crippen LogP contribution in [0.25, 0.3) is 21.8 Å². The summed E-state index contributed by atoms with van der Waals surface area (Å²) in [6.07, 6.45) is 0. The number of fused-ring (bicyclic) bond motifs is 2. The molecule has 25 heavy (non-hydrogen) atoms. The molecule has 2 N–H and O–H groups in total. The van der Waals surface area contributed by atoms with Crippen molar-refractivity contribution in [2.24, 2.45) is 0 Å². The number of aromatic nitrogens is 2. The van der Waals surface area contributed by atoms with E-state index >= 15 is 0 Å². The normalized spacial score (nSPS) is 10.0. The van der Waals surface area contributed by atoms with Crippen LogP contribution in [0, 0.1) is 13.8 Å². The number of phenols is 2. The van der Waals surface area contributed by atoms with Crippen molar-refractivity contribution in [1.29, 1.82) is 0 Å². The molecule has 124 valence electrons. The van der Waals surface area contributed by atoms with E-state index in [1.807, 2.05) is 62.4 Å². The average molecular weight is 526 g/mol. The molecule has 4 nitrogen and oxygen atoms in total. The molecule has 0 saturated carbocycles. The molecule has 0 unspecified atom stereocenters. The first-order valence-electron chi connectivity index (χ1n) is 7.65. The summed E-state index contributed by atoms with van der Waals surface area (Å²) in [5.41, 5.74) is 3.20. The Bertz CT molecular complexity index is 936. The van der Waals surface area contributed by atoms with Crippen LogP contribution >= 0.6 is 0 Å². The summed E-state index contributed by atoms with van der Waals surface area (Å²) in [4.78, 5) is 8.45. The molecule has 2 aromatic carbocycles. The van der Waals surface area contributed by atoms with Gasteiger partial charge in [0, 0.05) is 49.5 Å². The van der Waals surface area contributed by atoms with Crippen molar-refractivity contribution in [3.63, 3.8) is 0 Å². The van der Waals surface area contributed by atoms with Gasteiger partial charge in [-0.1, -0.05) is 36.4 Å². The zero-order valence-corrected chi connectivity index (χ0v) is 17.9. The maximum absolute atomic E-state index is 9.43. The van der Waals surface area contributed by atoms with Crippen LogP contribution in [0.5, 0.6) is 11.5 Å². The van der Waals surface area contributed by atoms with E-state index in [0.717, 1.165) is 22.2 Å². The Balaban J connectivity index is 0.000000173. The summed E-state index contributed by atoms with van der Waals surface area (Å²) in [6, 6.07) is 18.6. The standard InChI is InChI=1S/2C10H9NO.Pb/c2*1-7-5-6-8-3-2-4-9(12)10(8)11-7;/h2*2-6,12H,1H3;. The third-order valence-electron chi connectivity index (χ3n) is 3.68. The van der Waals surface area contributed by atoms with Crippen LogP contribution in [-0.2, 0) is 0 Å². The van der Waals surface area contributed by atoms with E-state index in [4.69, 9.17) is 0 Å². The van der Waals surface area contributed by atoms with Gasteiger partial charge in [0.25, 0.3) is 0 Å². The molecule has 0 aliphatic heterocycles. The van der Waals surface area contributed by atoms with Crippen molar-refractivity contribution in [3.05, 3.63) is 72.1 Å². The van der Waals surface area contributed by atoms with Gasteiger partial charge in [-0.05, 0) is 38.1 Å². The largest absolute Gasteiger partial charge is 0.506 e. The molecule has 0 aliphatic carbocycles. The van der Waals surface area contributed by atoms with Gasteiger partial charge in [0.05, 0.1) is 0 Å². The molecular formula is C20H18N2O2Pb. The number of aryl methyl sites for hydroxylation is 2. The zero-order valence-electron chi connectivity index (χ0n) is 14.1. The maximum Gasteiger partial charge on any atom is 0.141 e. The second-order valence-corrected chi connectivity index (χ2v) is 5.60. The first kappa shape index (κ1) is 19.1. The predicted octanol–water partition coefficient (Wildman–Crippen LogP) is 4.12. The van der Waals surface area contributed by atoms with Crippen LogP contribution in [0.1, 0.15) is 11.4 Å². The van der Waals surface area contributed by atoms with Crippen molar-refractivity contribution in [2.45, 2.75) is 13.8 Å². The minimum absolute atomic E-state index is 0. The van der Waals surface area contributed by atoms with Crippen molar-refractivity contribution >= 4 is 49.1 Å². The number of para-hydroxylation sites is 2. The molecule has 0 amide bonds. The summed E-state index contributed by atoms with van der Waals surface area (Å²) in [5, 5.41) is 20.8. The minimum atomic E-state index is 0. The van der Waals surface area contributed by atoms with Gasteiger partial charge in [-0.15, -0.1) is 0 Å². The van der Waals surface area contributed by atoms with Gasteiger partial charge in [-0.25, -0.2) is 9.97 Å². The van der Waals surface area contributed by atoms with Crippen molar-refractivity contribution in [2.75, 3.05) is 0 Å². The molecule has 0 fully saturated rings. The van der Waals surface area contributed by atoms with E-state index in [1.54, 1.807) is 12.1 Å². The minimum Gasteiger partial charge on any atom is -0.506 e. The Morgan fingerprint density at radius 1 is 0.600 bits per heavy atom. The second kappa shape index (κ2) is 8.24. The molecule has 2 heterocycles. The number of hydrogen-bond donors (Lipinski definition) is 2. The molecule has 0 spiro atoms. The Labute approximate surface area is 166 Å². The average Bonchev–Trinajstić information content (AvgIpc) is 2.57. The van der Waals surface area contributed by atoms with Gasteiger partial charge in [0.1, 0.15) is 22.5 Å². The van der Waals surface area contributed by atoms with Gasteiger partial charge in [-0.2, -0.15) is 0 Å². The molecule has 4 rings (SSSR count). The molecular weight excluding hydrogens is 507 g/mol. The zero-order chi connectivity index (χ0) is 17.1. The van der Waals surface area contributed by atoms with Crippen LogP contribution in [0.3, 0.4) is 0 Å². The van der Waals surface area contributed by atoms with E-state index in [2.05, 4.69) is 9.97 Å². The molecule has 0 aliphatic rings. The number of phenolic OH excluding ortho intramolecular Hbond substituents is 2. The molecule has 2 aromatic heterocycles. The van der Waals surface area contributed by atoms with Crippen molar-refractivity contribution < 1.29 is 10.2 Å². The van der Waals surface area contributed by atoms with Crippen LogP contribution in [0.4, 0.5) is 0 Å². The van der Waals surface area contributed by atoms with E-state index in [0.29, 0.717) is 11.0 Å².